The summed E-state index contributed by atoms with van der Waals surface area (Å²) in [6, 6.07) is 11.9. The maximum atomic E-state index is 12.3. The van der Waals surface area contributed by atoms with Crippen LogP contribution in [0.1, 0.15) is 47.3 Å². The molecule has 2 aromatic heterocycles. The van der Waals surface area contributed by atoms with Gasteiger partial charge in [0.05, 0.1) is 17.5 Å². The molecular weight excluding hydrogens is 516 g/mol. The Hall–Kier alpha value is -4.08. The summed E-state index contributed by atoms with van der Waals surface area (Å²) in [4.78, 5) is 41.4. The third kappa shape index (κ3) is 6.47. The lowest BCUT2D eigenvalue weighted by Gasteiger charge is -2.30. The number of amides is 2. The largest absolute Gasteiger partial charge is 0.389 e. The van der Waals surface area contributed by atoms with Gasteiger partial charge in [0.1, 0.15) is 5.52 Å². The van der Waals surface area contributed by atoms with E-state index >= 15 is 0 Å². The summed E-state index contributed by atoms with van der Waals surface area (Å²) in [6.45, 7) is 8.09. The Morgan fingerprint density at radius 3 is 2.61 bits per heavy atom. The Morgan fingerprint density at radius 1 is 1.15 bits per heavy atom. The van der Waals surface area contributed by atoms with Crippen molar-refractivity contribution in [2.24, 2.45) is 0 Å². The SMILES string of the molecule is Cc1cc(-c2cnc3[nH]cc(-c4ccc(C(=O)N(C)C)cc4)c3n2)cc2c1CCN(CCC(=O)NCC(C)(C)O)C2. The molecule has 2 aromatic carbocycles. The Labute approximate surface area is 240 Å². The van der Waals surface area contributed by atoms with Crippen molar-refractivity contribution in [3.05, 3.63) is 71.0 Å². The molecule has 5 rings (SSSR count). The second-order valence-electron chi connectivity index (χ2n) is 11.7. The number of aromatic nitrogens is 3. The number of fused-ring (bicyclic) bond motifs is 2. The van der Waals surface area contributed by atoms with Gasteiger partial charge in [0.2, 0.25) is 5.91 Å². The van der Waals surface area contributed by atoms with Crippen LogP contribution >= 0.6 is 0 Å². The first-order valence-corrected chi connectivity index (χ1v) is 14.0. The molecule has 1 aliphatic heterocycles. The first-order chi connectivity index (χ1) is 19.5. The van der Waals surface area contributed by atoms with E-state index in [-0.39, 0.29) is 18.4 Å². The Balaban J connectivity index is 1.35. The van der Waals surface area contributed by atoms with Crippen LogP contribution in [-0.4, -0.2) is 81.0 Å². The van der Waals surface area contributed by atoms with E-state index in [2.05, 4.69) is 39.2 Å². The molecule has 41 heavy (non-hydrogen) atoms. The van der Waals surface area contributed by atoms with E-state index < -0.39 is 5.60 Å². The van der Waals surface area contributed by atoms with Crippen molar-refractivity contribution in [2.45, 2.75) is 45.8 Å². The number of nitrogens with one attached hydrogen (secondary N) is 2. The summed E-state index contributed by atoms with van der Waals surface area (Å²) < 4.78 is 0. The van der Waals surface area contributed by atoms with Gasteiger partial charge in [-0.15, -0.1) is 0 Å². The van der Waals surface area contributed by atoms with Crippen molar-refractivity contribution in [1.82, 2.24) is 30.1 Å². The van der Waals surface area contributed by atoms with Gasteiger partial charge in [-0.2, -0.15) is 0 Å². The summed E-state index contributed by atoms with van der Waals surface area (Å²) in [5, 5.41) is 12.7. The summed E-state index contributed by atoms with van der Waals surface area (Å²) in [7, 11) is 3.49. The van der Waals surface area contributed by atoms with Gasteiger partial charge in [-0.25, -0.2) is 9.97 Å². The minimum atomic E-state index is -0.919. The van der Waals surface area contributed by atoms with Crippen molar-refractivity contribution in [3.63, 3.8) is 0 Å². The molecule has 9 nitrogen and oxygen atoms in total. The van der Waals surface area contributed by atoms with Crippen molar-refractivity contribution in [3.8, 4) is 22.4 Å². The molecule has 0 saturated carbocycles. The Bertz CT molecular complexity index is 1580. The number of aryl methyl sites for hydroxylation is 1. The molecule has 9 heteroatoms. The summed E-state index contributed by atoms with van der Waals surface area (Å²) >= 11 is 0. The van der Waals surface area contributed by atoms with Crippen molar-refractivity contribution in [2.75, 3.05) is 33.7 Å². The van der Waals surface area contributed by atoms with E-state index in [0.29, 0.717) is 24.2 Å². The van der Waals surface area contributed by atoms with Gasteiger partial charge in [0.25, 0.3) is 5.91 Å². The molecule has 4 aromatic rings. The third-order valence-corrected chi connectivity index (χ3v) is 7.54. The van der Waals surface area contributed by atoms with Crippen LogP contribution in [-0.2, 0) is 17.8 Å². The number of H-pyrrole nitrogens is 1. The number of hydrogen-bond acceptors (Lipinski definition) is 6. The van der Waals surface area contributed by atoms with Crippen LogP contribution in [0.2, 0.25) is 0 Å². The van der Waals surface area contributed by atoms with Gasteiger partial charge in [-0.1, -0.05) is 12.1 Å². The van der Waals surface area contributed by atoms with Gasteiger partial charge in [0.15, 0.2) is 5.65 Å². The van der Waals surface area contributed by atoms with Crippen molar-refractivity contribution in [1.29, 1.82) is 0 Å². The molecule has 0 unspecified atom stereocenters. The maximum absolute atomic E-state index is 12.3. The molecule has 0 aliphatic carbocycles. The van der Waals surface area contributed by atoms with Crippen LogP contribution in [0.4, 0.5) is 0 Å². The molecule has 0 saturated heterocycles. The average molecular weight is 555 g/mol. The van der Waals surface area contributed by atoms with Crippen LogP contribution in [0.25, 0.3) is 33.5 Å². The molecule has 0 atom stereocenters. The topological polar surface area (TPSA) is 114 Å². The standard InChI is InChI=1S/C32H38N6O3/c1-20-14-23(15-24-18-38(12-10-25(20)24)13-11-28(39)35-19-32(2,3)41)27-17-34-30-29(36-27)26(16-33-30)21-6-8-22(9-7-21)31(40)37(4)5/h6-9,14-17,41H,10-13,18-19H2,1-5H3,(H,33,34)(H,35,39). The number of carbonyl (C=O) groups is 2. The lowest BCUT2D eigenvalue weighted by molar-refractivity contribution is -0.122. The number of aromatic amines is 1. The van der Waals surface area contributed by atoms with Crippen LogP contribution < -0.4 is 5.32 Å². The zero-order valence-electron chi connectivity index (χ0n) is 24.4. The smallest absolute Gasteiger partial charge is 0.253 e. The highest BCUT2D eigenvalue weighted by Crippen LogP contribution is 2.32. The highest BCUT2D eigenvalue weighted by molar-refractivity contribution is 5.96. The molecule has 0 radical (unpaired) electrons. The lowest BCUT2D eigenvalue weighted by Crippen LogP contribution is -2.40. The van der Waals surface area contributed by atoms with E-state index in [1.165, 1.54) is 16.7 Å². The second kappa shape index (κ2) is 11.4. The number of nitrogens with zero attached hydrogens (tertiary/aromatic N) is 4. The number of rotatable bonds is 8. The van der Waals surface area contributed by atoms with Gasteiger partial charge < -0.3 is 20.3 Å². The predicted octanol–water partition coefficient (Wildman–Crippen LogP) is 3.94. The summed E-state index contributed by atoms with van der Waals surface area (Å²) in [5.74, 6) is -0.0828. The van der Waals surface area contributed by atoms with E-state index in [1.54, 1.807) is 39.0 Å². The van der Waals surface area contributed by atoms with E-state index in [4.69, 9.17) is 4.98 Å². The number of benzene rings is 2. The highest BCUT2D eigenvalue weighted by Gasteiger charge is 2.21. The number of hydrogen-bond donors (Lipinski definition) is 3. The fourth-order valence-corrected chi connectivity index (χ4v) is 5.28. The summed E-state index contributed by atoms with van der Waals surface area (Å²) in [6.07, 6.45) is 5.04. The van der Waals surface area contributed by atoms with E-state index in [0.717, 1.165) is 47.4 Å². The van der Waals surface area contributed by atoms with Gasteiger partial charge in [-0.3, -0.25) is 14.5 Å². The molecule has 3 heterocycles. The molecule has 0 spiro atoms. The number of carbonyl (C=O) groups excluding carboxylic acids is 2. The zero-order chi connectivity index (χ0) is 29.3. The normalized spacial score (nSPS) is 13.7. The monoisotopic (exact) mass is 554 g/mol. The molecular formula is C32H38N6O3. The lowest BCUT2D eigenvalue weighted by atomic mass is 9.92. The van der Waals surface area contributed by atoms with Gasteiger partial charge in [-0.05, 0) is 73.7 Å². The van der Waals surface area contributed by atoms with Gasteiger partial charge in [0, 0.05) is 69.6 Å². The fraction of sp³-hybridized carbons (Fsp3) is 0.375. The fourth-order valence-electron chi connectivity index (χ4n) is 5.28. The van der Waals surface area contributed by atoms with E-state index in [9.17, 15) is 14.7 Å². The van der Waals surface area contributed by atoms with Crippen molar-refractivity contribution < 1.29 is 14.7 Å². The third-order valence-electron chi connectivity index (χ3n) is 7.54. The Kier molecular flexibility index (Phi) is 7.93. The molecule has 2 amide bonds. The van der Waals surface area contributed by atoms with Crippen molar-refractivity contribution >= 4 is 23.0 Å². The van der Waals surface area contributed by atoms with Crippen LogP contribution in [0.5, 0.6) is 0 Å². The molecule has 1 aliphatic rings. The predicted molar refractivity (Wildman–Crippen MR) is 160 cm³/mol. The minimum absolute atomic E-state index is 0.0343. The maximum Gasteiger partial charge on any atom is 0.253 e. The average Bonchev–Trinajstić information content (AvgIpc) is 3.37. The number of aliphatic hydroxyl groups is 1. The quantitative estimate of drug-likeness (QED) is 0.304. The van der Waals surface area contributed by atoms with Crippen LogP contribution in [0, 0.1) is 6.92 Å². The highest BCUT2D eigenvalue weighted by atomic mass is 16.3. The van der Waals surface area contributed by atoms with Crippen LogP contribution in [0.3, 0.4) is 0 Å². The first-order valence-electron chi connectivity index (χ1n) is 14.0. The van der Waals surface area contributed by atoms with Crippen LogP contribution in [0.15, 0.2) is 48.8 Å². The molecule has 3 N–H and O–H groups in total. The Morgan fingerprint density at radius 2 is 1.90 bits per heavy atom. The first kappa shape index (κ1) is 28.4. The molecule has 214 valence electrons. The second-order valence-corrected chi connectivity index (χ2v) is 11.7. The molecule has 0 fully saturated rings. The zero-order valence-corrected chi connectivity index (χ0v) is 24.4. The van der Waals surface area contributed by atoms with Gasteiger partial charge >= 0.3 is 0 Å². The van der Waals surface area contributed by atoms with E-state index in [1.807, 2.05) is 30.5 Å². The minimum Gasteiger partial charge on any atom is -0.389 e. The molecule has 0 bridgehead atoms. The summed E-state index contributed by atoms with van der Waals surface area (Å²) in [5.41, 5.74) is 8.76.